The minimum atomic E-state index is -0.271. The van der Waals surface area contributed by atoms with Crippen molar-refractivity contribution >= 4 is 23.0 Å². The molecule has 188 valence electrons. The third-order valence-electron chi connectivity index (χ3n) is 6.66. The first-order valence-electron chi connectivity index (χ1n) is 12.4. The summed E-state index contributed by atoms with van der Waals surface area (Å²) in [6.07, 6.45) is 3.77. The summed E-state index contributed by atoms with van der Waals surface area (Å²) in [4.78, 5) is 6.75. The van der Waals surface area contributed by atoms with Gasteiger partial charge < -0.3 is 19.5 Å². The van der Waals surface area contributed by atoms with Crippen molar-refractivity contribution in [3.8, 4) is 17.2 Å². The van der Waals surface area contributed by atoms with Crippen molar-refractivity contribution in [2.75, 3.05) is 4.90 Å². The Hall–Kier alpha value is -4.49. The number of anilines is 1. The van der Waals surface area contributed by atoms with Gasteiger partial charge in [-0.3, -0.25) is 4.98 Å². The van der Waals surface area contributed by atoms with Crippen LogP contribution in [0.1, 0.15) is 29.0 Å². The first-order chi connectivity index (χ1) is 18.6. The molecule has 2 atom stereocenters. The summed E-state index contributed by atoms with van der Waals surface area (Å²) in [7, 11) is 0. The summed E-state index contributed by atoms with van der Waals surface area (Å²) in [5.74, 6) is 1.25. The lowest BCUT2D eigenvalue weighted by molar-refractivity contribution is 0.482. The summed E-state index contributed by atoms with van der Waals surface area (Å²) in [5.41, 5.74) is 4.86. The molecular weight excluding hydrogens is 495 g/mol. The van der Waals surface area contributed by atoms with E-state index < -0.39 is 0 Å². The van der Waals surface area contributed by atoms with Crippen LogP contribution in [0.15, 0.2) is 116 Å². The van der Waals surface area contributed by atoms with Crippen LogP contribution in [0.2, 0.25) is 0 Å². The number of nitrogens with one attached hydrogen (secondary N) is 1. The van der Waals surface area contributed by atoms with E-state index in [4.69, 9.17) is 17.0 Å². The van der Waals surface area contributed by atoms with E-state index in [0.29, 0.717) is 5.11 Å². The van der Waals surface area contributed by atoms with Gasteiger partial charge in [0.2, 0.25) is 0 Å². The molecule has 7 heteroatoms. The fraction of sp³-hybridized carbons (Fsp3) is 0.0968. The van der Waals surface area contributed by atoms with E-state index in [1.54, 1.807) is 18.3 Å². The fourth-order valence-corrected chi connectivity index (χ4v) is 5.17. The van der Waals surface area contributed by atoms with E-state index in [-0.39, 0.29) is 17.9 Å². The SMILES string of the molecule is Cc1ccc(Oc2ccc(N3C(=S)N[C@@H](c4ccccn4)[C@H]3c3cccn3-c3ccc(F)cc3)cc2)cc1. The molecule has 1 aliphatic heterocycles. The molecule has 0 radical (unpaired) electrons. The molecule has 5 aromatic rings. The van der Waals surface area contributed by atoms with Crippen molar-refractivity contribution in [3.63, 3.8) is 0 Å². The molecule has 1 fully saturated rings. The van der Waals surface area contributed by atoms with Crippen LogP contribution in [0.25, 0.3) is 5.69 Å². The van der Waals surface area contributed by atoms with Crippen LogP contribution < -0.4 is 15.0 Å². The van der Waals surface area contributed by atoms with Crippen molar-refractivity contribution in [3.05, 3.63) is 138 Å². The predicted molar refractivity (Wildman–Crippen MR) is 151 cm³/mol. The second-order valence-electron chi connectivity index (χ2n) is 9.19. The highest BCUT2D eigenvalue weighted by Gasteiger charge is 2.42. The lowest BCUT2D eigenvalue weighted by Gasteiger charge is -2.29. The van der Waals surface area contributed by atoms with Gasteiger partial charge in [-0.25, -0.2) is 4.39 Å². The second kappa shape index (κ2) is 10.1. The van der Waals surface area contributed by atoms with Gasteiger partial charge in [-0.2, -0.15) is 0 Å². The molecule has 3 heterocycles. The van der Waals surface area contributed by atoms with Crippen LogP contribution in [-0.4, -0.2) is 14.7 Å². The number of thiocarbonyl (C=S) groups is 1. The highest BCUT2D eigenvalue weighted by molar-refractivity contribution is 7.80. The van der Waals surface area contributed by atoms with Crippen molar-refractivity contribution in [1.29, 1.82) is 0 Å². The van der Waals surface area contributed by atoms with E-state index in [1.807, 2.05) is 85.9 Å². The number of aryl methyl sites for hydroxylation is 1. The van der Waals surface area contributed by atoms with Gasteiger partial charge in [0.15, 0.2) is 5.11 Å². The van der Waals surface area contributed by atoms with Gasteiger partial charge in [-0.05, 0) is 104 Å². The zero-order valence-electron chi connectivity index (χ0n) is 20.7. The highest BCUT2D eigenvalue weighted by Crippen LogP contribution is 2.42. The van der Waals surface area contributed by atoms with Crippen LogP contribution in [-0.2, 0) is 0 Å². The van der Waals surface area contributed by atoms with Crippen LogP contribution >= 0.6 is 12.2 Å². The Morgan fingerprint density at radius 3 is 2.18 bits per heavy atom. The van der Waals surface area contributed by atoms with E-state index in [0.717, 1.165) is 34.3 Å². The van der Waals surface area contributed by atoms with Gasteiger partial charge >= 0.3 is 0 Å². The fourth-order valence-electron chi connectivity index (χ4n) is 4.82. The van der Waals surface area contributed by atoms with E-state index in [2.05, 4.69) is 25.8 Å². The van der Waals surface area contributed by atoms with E-state index >= 15 is 0 Å². The Labute approximate surface area is 226 Å². The number of hydrogen-bond acceptors (Lipinski definition) is 3. The molecular formula is C31H25FN4OS. The minimum absolute atomic E-state index is 0.193. The first-order valence-corrected chi connectivity index (χ1v) is 12.8. The van der Waals surface area contributed by atoms with Crippen molar-refractivity contribution in [2.45, 2.75) is 19.0 Å². The number of benzene rings is 3. The summed E-state index contributed by atoms with van der Waals surface area (Å²) < 4.78 is 21.8. The molecule has 0 amide bonds. The van der Waals surface area contributed by atoms with Crippen LogP contribution in [0.4, 0.5) is 10.1 Å². The molecule has 0 unspecified atom stereocenters. The molecule has 5 nitrogen and oxygen atoms in total. The summed E-state index contributed by atoms with van der Waals surface area (Å²) >= 11 is 5.87. The van der Waals surface area contributed by atoms with Crippen molar-refractivity contribution < 1.29 is 9.13 Å². The van der Waals surface area contributed by atoms with Gasteiger partial charge in [0.05, 0.1) is 11.7 Å². The average Bonchev–Trinajstić information content (AvgIpc) is 3.56. The van der Waals surface area contributed by atoms with Gasteiger partial charge in [0.1, 0.15) is 23.4 Å². The average molecular weight is 521 g/mol. The van der Waals surface area contributed by atoms with Crippen LogP contribution in [0.3, 0.4) is 0 Å². The van der Waals surface area contributed by atoms with Crippen LogP contribution in [0.5, 0.6) is 11.5 Å². The zero-order chi connectivity index (χ0) is 26.1. The Balaban J connectivity index is 1.38. The largest absolute Gasteiger partial charge is 0.457 e. The Morgan fingerprint density at radius 1 is 0.816 bits per heavy atom. The summed E-state index contributed by atoms with van der Waals surface area (Å²) in [6, 6.07) is 31.9. The maximum absolute atomic E-state index is 13.7. The molecule has 1 saturated heterocycles. The van der Waals surface area contributed by atoms with Crippen molar-refractivity contribution in [1.82, 2.24) is 14.9 Å². The molecule has 0 spiro atoms. The summed E-state index contributed by atoms with van der Waals surface area (Å²) in [5, 5.41) is 4.10. The maximum Gasteiger partial charge on any atom is 0.174 e. The lowest BCUT2D eigenvalue weighted by Crippen LogP contribution is -2.30. The maximum atomic E-state index is 13.7. The quantitative estimate of drug-likeness (QED) is 0.238. The smallest absolute Gasteiger partial charge is 0.174 e. The van der Waals surface area contributed by atoms with Gasteiger partial charge in [0, 0.05) is 29.5 Å². The standard InChI is InChI=1S/C31H25FN4OS/c1-21-7-15-25(16-8-21)37-26-17-13-24(14-18-26)36-30(29(34-31(36)38)27-5-2-3-19-33-27)28-6-4-20-35(28)23-11-9-22(32)10-12-23/h2-20,29-30H,1H3,(H,34,38)/t29-,30+/m0/s1. The minimum Gasteiger partial charge on any atom is -0.457 e. The molecule has 38 heavy (non-hydrogen) atoms. The topological polar surface area (TPSA) is 42.3 Å². The molecule has 0 aliphatic carbocycles. The third kappa shape index (κ3) is 4.64. The Kier molecular flexibility index (Phi) is 6.35. The second-order valence-corrected chi connectivity index (χ2v) is 9.57. The monoisotopic (exact) mass is 520 g/mol. The number of hydrogen-bond donors (Lipinski definition) is 1. The molecule has 0 bridgehead atoms. The van der Waals surface area contributed by atoms with Crippen molar-refractivity contribution in [2.24, 2.45) is 0 Å². The van der Waals surface area contributed by atoms with Crippen LogP contribution in [0, 0.1) is 12.7 Å². The number of ether oxygens (including phenoxy) is 1. The van der Waals surface area contributed by atoms with E-state index in [9.17, 15) is 4.39 Å². The molecule has 1 aliphatic rings. The normalized spacial score (nSPS) is 16.9. The molecule has 2 aromatic heterocycles. The first kappa shape index (κ1) is 23.9. The van der Waals surface area contributed by atoms with Gasteiger partial charge in [-0.15, -0.1) is 0 Å². The zero-order valence-corrected chi connectivity index (χ0v) is 21.5. The Bertz CT molecular complexity index is 1550. The number of halogens is 1. The predicted octanol–water partition coefficient (Wildman–Crippen LogP) is 7.29. The van der Waals surface area contributed by atoms with Gasteiger partial charge in [-0.1, -0.05) is 23.8 Å². The highest BCUT2D eigenvalue weighted by atomic mass is 32.1. The molecule has 0 saturated carbocycles. The number of aromatic nitrogens is 2. The lowest BCUT2D eigenvalue weighted by atomic mass is 10.0. The molecule has 3 aromatic carbocycles. The Morgan fingerprint density at radius 2 is 1.50 bits per heavy atom. The number of pyridine rings is 1. The van der Waals surface area contributed by atoms with E-state index in [1.165, 1.54) is 17.7 Å². The number of rotatable bonds is 6. The molecule has 6 rings (SSSR count). The van der Waals surface area contributed by atoms with Gasteiger partial charge in [0.25, 0.3) is 0 Å². The number of nitrogens with zero attached hydrogens (tertiary/aromatic N) is 3. The molecule has 1 N–H and O–H groups in total. The summed E-state index contributed by atoms with van der Waals surface area (Å²) in [6.45, 7) is 2.05. The third-order valence-corrected chi connectivity index (χ3v) is 6.97.